The molecule has 1 aliphatic heterocycles. The number of carbonyl (C=O) groups excluding carboxylic acids is 1. The molecule has 2 aromatic heterocycles. The summed E-state index contributed by atoms with van der Waals surface area (Å²) in [4.78, 5) is 20.7. The van der Waals surface area contributed by atoms with Crippen molar-refractivity contribution in [3.05, 3.63) is 41.2 Å². The third-order valence-corrected chi connectivity index (χ3v) is 4.47. The number of H-pyrrole nitrogens is 1. The molecule has 130 valence electrons. The molecule has 24 heavy (non-hydrogen) atoms. The number of amides is 1. The van der Waals surface area contributed by atoms with E-state index in [1.807, 2.05) is 26.2 Å². The molecule has 1 amide bonds. The standard InChI is InChI=1S/C16H19F3N4O/c1-10-5-7-22(2)13(10)15(24)23-6-3-4-11(9-23)14-20-8-12(21-14)16(17,18)19/h5,7-8,11H,3-4,6,9H2,1-2H3,(H,20,21)/t11-/m1/s1. The molecule has 0 aliphatic carbocycles. The zero-order valence-electron chi connectivity index (χ0n) is 13.5. The first-order valence-corrected chi connectivity index (χ1v) is 7.80. The summed E-state index contributed by atoms with van der Waals surface area (Å²) in [5.74, 6) is -0.00453. The monoisotopic (exact) mass is 340 g/mol. The molecular weight excluding hydrogens is 321 g/mol. The number of likely N-dealkylation sites (tertiary alicyclic amines) is 1. The zero-order chi connectivity index (χ0) is 17.5. The maximum atomic E-state index is 12.7. The van der Waals surface area contributed by atoms with Crippen LogP contribution in [-0.2, 0) is 13.2 Å². The van der Waals surface area contributed by atoms with E-state index in [4.69, 9.17) is 0 Å². The van der Waals surface area contributed by atoms with Gasteiger partial charge >= 0.3 is 6.18 Å². The third kappa shape index (κ3) is 3.05. The first kappa shape index (κ1) is 16.6. The molecule has 2 aromatic rings. The van der Waals surface area contributed by atoms with E-state index in [0.29, 0.717) is 31.0 Å². The van der Waals surface area contributed by atoms with Gasteiger partial charge in [0.05, 0.1) is 6.20 Å². The molecule has 0 spiro atoms. The number of nitrogens with zero attached hydrogens (tertiary/aromatic N) is 3. The quantitative estimate of drug-likeness (QED) is 0.913. The van der Waals surface area contributed by atoms with E-state index in [2.05, 4.69) is 9.97 Å². The molecule has 1 aliphatic rings. The van der Waals surface area contributed by atoms with Gasteiger partial charge in [0.2, 0.25) is 0 Å². The van der Waals surface area contributed by atoms with Crippen molar-refractivity contribution in [1.82, 2.24) is 19.4 Å². The lowest BCUT2D eigenvalue weighted by molar-refractivity contribution is -0.141. The second kappa shape index (κ2) is 5.99. The fourth-order valence-corrected chi connectivity index (χ4v) is 3.20. The van der Waals surface area contributed by atoms with Crippen molar-refractivity contribution in [3.63, 3.8) is 0 Å². The van der Waals surface area contributed by atoms with Crippen molar-refractivity contribution in [2.24, 2.45) is 7.05 Å². The second-order valence-electron chi connectivity index (χ2n) is 6.23. The topological polar surface area (TPSA) is 53.9 Å². The van der Waals surface area contributed by atoms with Crippen LogP contribution in [0.5, 0.6) is 0 Å². The molecule has 3 heterocycles. The first-order chi connectivity index (χ1) is 11.3. The summed E-state index contributed by atoms with van der Waals surface area (Å²) >= 11 is 0. The number of halogens is 3. The third-order valence-electron chi connectivity index (χ3n) is 4.47. The summed E-state index contributed by atoms with van der Waals surface area (Å²) in [5.41, 5.74) is 0.660. The number of piperidine rings is 1. The van der Waals surface area contributed by atoms with E-state index < -0.39 is 11.9 Å². The van der Waals surface area contributed by atoms with Gasteiger partial charge < -0.3 is 14.5 Å². The highest BCUT2D eigenvalue weighted by molar-refractivity contribution is 5.94. The number of hydrogen-bond acceptors (Lipinski definition) is 2. The maximum absolute atomic E-state index is 12.7. The smallest absolute Gasteiger partial charge is 0.346 e. The second-order valence-corrected chi connectivity index (χ2v) is 6.23. The average molecular weight is 340 g/mol. The van der Waals surface area contributed by atoms with E-state index in [1.165, 1.54) is 0 Å². The zero-order valence-corrected chi connectivity index (χ0v) is 13.5. The van der Waals surface area contributed by atoms with E-state index >= 15 is 0 Å². The van der Waals surface area contributed by atoms with Crippen molar-refractivity contribution < 1.29 is 18.0 Å². The molecule has 1 N–H and O–H groups in total. The van der Waals surface area contributed by atoms with Gasteiger partial charge in [0, 0.05) is 32.3 Å². The number of nitrogens with one attached hydrogen (secondary N) is 1. The fourth-order valence-electron chi connectivity index (χ4n) is 3.20. The number of aromatic nitrogens is 3. The van der Waals surface area contributed by atoms with Crippen LogP contribution in [0, 0.1) is 6.92 Å². The number of carbonyl (C=O) groups is 1. The summed E-state index contributed by atoms with van der Waals surface area (Å²) in [6.45, 7) is 2.85. The van der Waals surface area contributed by atoms with E-state index in [9.17, 15) is 18.0 Å². The van der Waals surface area contributed by atoms with Gasteiger partial charge in [-0.1, -0.05) is 0 Å². The van der Waals surface area contributed by atoms with E-state index in [1.54, 1.807) is 9.47 Å². The highest BCUT2D eigenvalue weighted by Crippen LogP contribution is 2.31. The van der Waals surface area contributed by atoms with Crippen LogP contribution in [0.2, 0.25) is 0 Å². The Balaban J connectivity index is 1.77. The molecular formula is C16H19F3N4O. The van der Waals surface area contributed by atoms with Gasteiger partial charge in [-0.15, -0.1) is 0 Å². The highest BCUT2D eigenvalue weighted by atomic mass is 19.4. The lowest BCUT2D eigenvalue weighted by Crippen LogP contribution is -2.40. The van der Waals surface area contributed by atoms with Gasteiger partial charge in [-0.05, 0) is 31.4 Å². The van der Waals surface area contributed by atoms with Crippen LogP contribution in [0.15, 0.2) is 18.5 Å². The molecule has 1 atom stereocenters. The van der Waals surface area contributed by atoms with Crippen LogP contribution in [0.3, 0.4) is 0 Å². The van der Waals surface area contributed by atoms with Crippen molar-refractivity contribution in [1.29, 1.82) is 0 Å². The minimum absolute atomic E-state index is 0.0905. The van der Waals surface area contributed by atoms with Crippen LogP contribution in [0.25, 0.3) is 0 Å². The lowest BCUT2D eigenvalue weighted by atomic mass is 9.97. The maximum Gasteiger partial charge on any atom is 0.432 e. The fraction of sp³-hybridized carbons (Fsp3) is 0.500. The molecule has 0 saturated carbocycles. The van der Waals surface area contributed by atoms with Crippen LogP contribution < -0.4 is 0 Å². The van der Waals surface area contributed by atoms with Crippen LogP contribution in [-0.4, -0.2) is 38.4 Å². The van der Waals surface area contributed by atoms with Crippen molar-refractivity contribution in [2.75, 3.05) is 13.1 Å². The van der Waals surface area contributed by atoms with Crippen LogP contribution in [0.1, 0.15) is 46.3 Å². The number of alkyl halides is 3. The Labute approximate surface area is 137 Å². The molecule has 0 aromatic carbocycles. The Morgan fingerprint density at radius 1 is 1.42 bits per heavy atom. The van der Waals surface area contributed by atoms with E-state index in [0.717, 1.165) is 18.2 Å². The summed E-state index contributed by atoms with van der Waals surface area (Å²) in [6.07, 6.45) is -0.345. The molecule has 1 fully saturated rings. The molecule has 8 heteroatoms. The lowest BCUT2D eigenvalue weighted by Gasteiger charge is -2.32. The van der Waals surface area contributed by atoms with Gasteiger partial charge in [-0.2, -0.15) is 13.2 Å². The van der Waals surface area contributed by atoms with Crippen molar-refractivity contribution in [3.8, 4) is 0 Å². The summed E-state index contributed by atoms with van der Waals surface area (Å²) < 4.78 is 39.9. The minimum Gasteiger partial charge on any atom is -0.346 e. The SMILES string of the molecule is Cc1ccn(C)c1C(=O)N1CCC[C@@H](c2ncc(C(F)(F)F)[nH]2)C1. The molecule has 0 unspecified atom stereocenters. The molecule has 5 nitrogen and oxygen atoms in total. The van der Waals surface area contributed by atoms with Crippen molar-refractivity contribution >= 4 is 5.91 Å². The predicted molar refractivity (Wildman–Crippen MR) is 81.6 cm³/mol. The Kier molecular flexibility index (Phi) is 4.15. The van der Waals surface area contributed by atoms with Gasteiger partial charge in [-0.3, -0.25) is 4.79 Å². The van der Waals surface area contributed by atoms with Gasteiger partial charge in [0.25, 0.3) is 5.91 Å². The normalized spacial score (nSPS) is 18.9. The molecule has 0 bridgehead atoms. The first-order valence-electron chi connectivity index (χ1n) is 7.80. The number of aryl methyl sites for hydroxylation is 2. The molecule has 3 rings (SSSR count). The molecule has 0 radical (unpaired) electrons. The highest BCUT2D eigenvalue weighted by Gasteiger charge is 2.35. The van der Waals surface area contributed by atoms with Gasteiger partial charge in [0.1, 0.15) is 17.2 Å². The Morgan fingerprint density at radius 2 is 2.17 bits per heavy atom. The van der Waals surface area contributed by atoms with E-state index in [-0.39, 0.29) is 11.8 Å². The number of hydrogen-bond donors (Lipinski definition) is 1. The Bertz CT molecular complexity index is 727. The Hall–Kier alpha value is -2.25. The van der Waals surface area contributed by atoms with Crippen molar-refractivity contribution in [2.45, 2.75) is 31.9 Å². The number of aromatic amines is 1. The van der Waals surface area contributed by atoms with Gasteiger partial charge in [0.15, 0.2) is 0 Å². The summed E-state index contributed by atoms with van der Waals surface area (Å²) in [5, 5.41) is 0. The van der Waals surface area contributed by atoms with Gasteiger partial charge in [-0.25, -0.2) is 4.98 Å². The summed E-state index contributed by atoms with van der Waals surface area (Å²) in [7, 11) is 1.81. The van der Waals surface area contributed by atoms with Crippen LogP contribution in [0.4, 0.5) is 13.2 Å². The number of imidazole rings is 1. The molecule has 1 saturated heterocycles. The summed E-state index contributed by atoms with van der Waals surface area (Å²) in [6, 6.07) is 1.87. The largest absolute Gasteiger partial charge is 0.432 e. The predicted octanol–water partition coefficient (Wildman–Crippen LogP) is 3.10. The minimum atomic E-state index is -4.43. The van der Waals surface area contributed by atoms with Crippen LogP contribution >= 0.6 is 0 Å². The average Bonchev–Trinajstić information content (AvgIpc) is 3.14. The Morgan fingerprint density at radius 3 is 2.75 bits per heavy atom. The number of rotatable bonds is 2.